The number of aromatic nitrogens is 5. The van der Waals surface area contributed by atoms with Gasteiger partial charge in [-0.25, -0.2) is 4.98 Å². The van der Waals surface area contributed by atoms with Gasteiger partial charge in [0.15, 0.2) is 0 Å². The number of fused-ring (bicyclic) bond motifs is 1. The third kappa shape index (κ3) is 3.13. The van der Waals surface area contributed by atoms with Crippen LogP contribution in [0.5, 0.6) is 0 Å². The highest BCUT2D eigenvalue weighted by molar-refractivity contribution is 7.18. The highest BCUT2D eigenvalue weighted by atomic mass is 32.1. The van der Waals surface area contributed by atoms with Crippen LogP contribution >= 0.6 is 11.3 Å². The molecule has 5 rings (SSSR count). The fourth-order valence-electron chi connectivity index (χ4n) is 3.28. The van der Waals surface area contributed by atoms with Gasteiger partial charge in [0, 0.05) is 10.4 Å². The second kappa shape index (κ2) is 7.34. The Morgan fingerprint density at radius 2 is 2.00 bits per heavy atom. The zero-order valence-corrected chi connectivity index (χ0v) is 17.1. The van der Waals surface area contributed by atoms with E-state index < -0.39 is 0 Å². The van der Waals surface area contributed by atoms with E-state index in [9.17, 15) is 4.79 Å². The van der Waals surface area contributed by atoms with Gasteiger partial charge in [-0.15, -0.1) is 21.5 Å². The molecular weight excluding hydrogens is 402 g/mol. The topological polar surface area (TPSA) is 99.8 Å². The summed E-state index contributed by atoms with van der Waals surface area (Å²) < 4.78 is 12.7. The Kier molecular flexibility index (Phi) is 4.51. The minimum atomic E-state index is -0.123. The molecule has 0 fully saturated rings. The lowest BCUT2D eigenvalue weighted by Gasteiger charge is -2.01. The lowest BCUT2D eigenvalue weighted by molar-refractivity contribution is 0.399. The molecule has 150 valence electrons. The van der Waals surface area contributed by atoms with Crippen LogP contribution in [0.4, 0.5) is 0 Å². The Bertz CT molecular complexity index is 1400. The van der Waals surface area contributed by atoms with Crippen LogP contribution in [0, 0.1) is 6.92 Å². The van der Waals surface area contributed by atoms with Crippen LogP contribution in [-0.4, -0.2) is 24.9 Å². The second-order valence-electron chi connectivity index (χ2n) is 6.79. The van der Waals surface area contributed by atoms with Crippen molar-refractivity contribution in [2.75, 3.05) is 0 Å². The van der Waals surface area contributed by atoms with Crippen molar-refractivity contribution in [2.24, 2.45) is 0 Å². The molecule has 9 heteroatoms. The van der Waals surface area contributed by atoms with Crippen molar-refractivity contribution < 1.29 is 8.94 Å². The van der Waals surface area contributed by atoms with E-state index in [-0.39, 0.29) is 12.1 Å². The van der Waals surface area contributed by atoms with Gasteiger partial charge in [0.25, 0.3) is 11.4 Å². The van der Waals surface area contributed by atoms with Gasteiger partial charge in [0.05, 0.1) is 11.7 Å². The largest absolute Gasteiger partial charge is 0.419 e. The Morgan fingerprint density at radius 3 is 2.80 bits per heavy atom. The van der Waals surface area contributed by atoms with Gasteiger partial charge >= 0.3 is 0 Å². The highest BCUT2D eigenvalue weighted by Crippen LogP contribution is 2.33. The van der Waals surface area contributed by atoms with Gasteiger partial charge in [-0.2, -0.15) is 0 Å². The van der Waals surface area contributed by atoms with E-state index in [4.69, 9.17) is 8.94 Å². The van der Waals surface area contributed by atoms with Crippen LogP contribution < -0.4 is 5.56 Å². The molecule has 30 heavy (non-hydrogen) atoms. The molecular formula is C21H17N5O3S. The summed E-state index contributed by atoms with van der Waals surface area (Å²) in [5.74, 6) is 1.18. The molecule has 0 aliphatic rings. The van der Waals surface area contributed by atoms with Gasteiger partial charge < -0.3 is 8.94 Å². The third-order valence-corrected chi connectivity index (χ3v) is 6.00. The third-order valence-electron chi connectivity index (χ3n) is 4.81. The van der Waals surface area contributed by atoms with Gasteiger partial charge in [-0.05, 0) is 19.4 Å². The number of rotatable bonds is 5. The summed E-state index contributed by atoms with van der Waals surface area (Å²) in [6.07, 6.45) is 2.39. The van der Waals surface area contributed by atoms with Crippen LogP contribution in [0.25, 0.3) is 32.9 Å². The quantitative estimate of drug-likeness (QED) is 0.423. The number of benzene rings is 1. The molecule has 0 radical (unpaired) electrons. The summed E-state index contributed by atoms with van der Waals surface area (Å²) in [6, 6.07) is 11.5. The van der Waals surface area contributed by atoms with Crippen molar-refractivity contribution in [3.05, 3.63) is 69.6 Å². The molecule has 0 saturated carbocycles. The van der Waals surface area contributed by atoms with Crippen molar-refractivity contribution in [3.8, 4) is 22.7 Å². The van der Waals surface area contributed by atoms with Crippen molar-refractivity contribution >= 4 is 21.6 Å². The van der Waals surface area contributed by atoms with E-state index in [1.165, 1.54) is 22.2 Å². The molecule has 0 aliphatic carbocycles. The summed E-state index contributed by atoms with van der Waals surface area (Å²) >= 11 is 1.54. The number of nitrogens with zero attached hydrogens (tertiary/aromatic N) is 5. The van der Waals surface area contributed by atoms with Gasteiger partial charge in [-0.3, -0.25) is 9.36 Å². The summed E-state index contributed by atoms with van der Waals surface area (Å²) in [7, 11) is 0. The second-order valence-corrected chi connectivity index (χ2v) is 7.91. The molecule has 4 heterocycles. The van der Waals surface area contributed by atoms with Gasteiger partial charge in [-0.1, -0.05) is 42.4 Å². The first-order valence-corrected chi connectivity index (χ1v) is 10.3. The molecule has 0 amide bonds. The average molecular weight is 419 g/mol. The van der Waals surface area contributed by atoms with Crippen molar-refractivity contribution in [1.29, 1.82) is 0 Å². The Morgan fingerprint density at radius 1 is 1.17 bits per heavy atom. The summed E-state index contributed by atoms with van der Waals surface area (Å²) in [4.78, 5) is 19.1. The molecule has 0 atom stereocenters. The molecule has 0 unspecified atom stereocenters. The van der Waals surface area contributed by atoms with E-state index >= 15 is 0 Å². The lowest BCUT2D eigenvalue weighted by Crippen LogP contribution is -2.20. The highest BCUT2D eigenvalue weighted by Gasteiger charge is 2.22. The number of hydrogen-bond acceptors (Lipinski definition) is 8. The van der Waals surface area contributed by atoms with E-state index in [2.05, 4.69) is 27.3 Å². The van der Waals surface area contributed by atoms with Crippen molar-refractivity contribution in [1.82, 2.24) is 24.9 Å². The van der Waals surface area contributed by atoms with E-state index in [0.29, 0.717) is 34.2 Å². The predicted octanol–water partition coefficient (Wildman–Crippen LogP) is 4.08. The maximum Gasteiger partial charge on any atom is 0.262 e. The molecule has 0 N–H and O–H groups in total. The summed E-state index contributed by atoms with van der Waals surface area (Å²) in [5.41, 5.74) is 2.04. The molecule has 0 saturated heterocycles. The lowest BCUT2D eigenvalue weighted by atomic mass is 10.1. The number of aryl methyl sites for hydroxylation is 2. The van der Waals surface area contributed by atoms with E-state index in [1.54, 1.807) is 6.92 Å². The van der Waals surface area contributed by atoms with Gasteiger partial charge in [0.2, 0.25) is 5.89 Å². The molecule has 5 aromatic rings. The SMILES string of the molecule is CCc1cc2c(=O)n(Cc3nnc(-c4c(-c5ccccc5)noc4C)o3)cnc2s1. The minimum Gasteiger partial charge on any atom is -0.419 e. The van der Waals surface area contributed by atoms with Gasteiger partial charge in [0.1, 0.15) is 28.4 Å². The monoisotopic (exact) mass is 419 g/mol. The summed E-state index contributed by atoms with van der Waals surface area (Å²) in [5, 5.41) is 13.0. The molecule has 0 bridgehead atoms. The van der Waals surface area contributed by atoms with Crippen LogP contribution in [0.1, 0.15) is 23.5 Å². The zero-order valence-electron chi connectivity index (χ0n) is 16.3. The first-order valence-electron chi connectivity index (χ1n) is 9.46. The zero-order chi connectivity index (χ0) is 20.7. The van der Waals surface area contributed by atoms with Crippen LogP contribution in [0.15, 0.2) is 56.5 Å². The predicted molar refractivity (Wildman–Crippen MR) is 112 cm³/mol. The fraction of sp³-hybridized carbons (Fsp3) is 0.190. The van der Waals surface area contributed by atoms with Crippen molar-refractivity contribution in [3.63, 3.8) is 0 Å². The molecule has 1 aromatic carbocycles. The van der Waals surface area contributed by atoms with Crippen LogP contribution in [-0.2, 0) is 13.0 Å². The molecule has 8 nitrogen and oxygen atoms in total. The molecule has 0 aliphatic heterocycles. The van der Waals surface area contributed by atoms with Crippen LogP contribution in [0.3, 0.4) is 0 Å². The fourth-order valence-corrected chi connectivity index (χ4v) is 4.20. The smallest absolute Gasteiger partial charge is 0.262 e. The molecule has 0 spiro atoms. The Balaban J connectivity index is 1.49. The number of hydrogen-bond donors (Lipinski definition) is 0. The average Bonchev–Trinajstić information content (AvgIpc) is 3.49. The minimum absolute atomic E-state index is 0.123. The summed E-state index contributed by atoms with van der Waals surface area (Å²) in [6.45, 7) is 3.99. The maximum atomic E-state index is 12.8. The van der Waals surface area contributed by atoms with E-state index in [1.807, 2.05) is 36.4 Å². The normalized spacial score (nSPS) is 11.4. The first-order chi connectivity index (χ1) is 14.6. The number of thiophene rings is 1. The van der Waals surface area contributed by atoms with E-state index in [0.717, 1.165) is 21.7 Å². The standard InChI is InChI=1S/C21H17N5O3S/c1-3-14-9-15-20(30-14)22-11-26(21(15)27)10-16-23-24-19(28-16)17-12(2)29-25-18(17)13-7-5-4-6-8-13/h4-9,11H,3,10H2,1-2H3. The Labute approximate surface area is 174 Å². The maximum absolute atomic E-state index is 12.8. The van der Waals surface area contributed by atoms with Crippen LogP contribution in [0.2, 0.25) is 0 Å². The first kappa shape index (κ1) is 18.4. The van der Waals surface area contributed by atoms with Crippen molar-refractivity contribution in [2.45, 2.75) is 26.8 Å². The Hall–Kier alpha value is -3.59. The molecule has 4 aromatic heterocycles.